The van der Waals surface area contributed by atoms with Crippen molar-refractivity contribution < 1.29 is 14.6 Å². The van der Waals surface area contributed by atoms with Crippen molar-refractivity contribution in [2.24, 2.45) is 5.92 Å². The van der Waals surface area contributed by atoms with Crippen molar-refractivity contribution in [3.8, 4) is 0 Å². The maximum atomic E-state index is 8.70. The summed E-state index contributed by atoms with van der Waals surface area (Å²) in [6.45, 7) is 5.38. The highest BCUT2D eigenvalue weighted by atomic mass is 16.7. The molecule has 1 fully saturated rings. The highest BCUT2D eigenvalue weighted by molar-refractivity contribution is 5.03. The minimum absolute atomic E-state index is 0.0881. The first-order valence-corrected chi connectivity index (χ1v) is 5.34. The van der Waals surface area contributed by atoms with Crippen molar-refractivity contribution in [2.75, 3.05) is 19.8 Å². The van der Waals surface area contributed by atoms with Crippen LogP contribution in [0.25, 0.3) is 0 Å². The second kappa shape index (κ2) is 5.49. The van der Waals surface area contributed by atoms with Crippen LogP contribution in [0.2, 0.25) is 0 Å². The topological polar surface area (TPSA) is 38.7 Å². The van der Waals surface area contributed by atoms with Crippen LogP contribution in [0, 0.1) is 5.92 Å². The fraction of sp³-hybridized carbons (Fsp3) is 0.818. The van der Waals surface area contributed by atoms with Gasteiger partial charge in [-0.1, -0.05) is 12.2 Å². The third-order valence-electron chi connectivity index (χ3n) is 2.62. The summed E-state index contributed by atoms with van der Waals surface area (Å²) in [7, 11) is 0. The van der Waals surface area contributed by atoms with E-state index in [2.05, 4.69) is 0 Å². The lowest BCUT2D eigenvalue weighted by Crippen LogP contribution is -2.51. The van der Waals surface area contributed by atoms with Gasteiger partial charge >= 0.3 is 0 Å². The second-order valence-corrected chi connectivity index (χ2v) is 3.43. The molecule has 0 aromatic carbocycles. The molecular formula is C11H20O3. The molecule has 0 heterocycles. The van der Waals surface area contributed by atoms with E-state index in [4.69, 9.17) is 14.6 Å². The van der Waals surface area contributed by atoms with Gasteiger partial charge in [0.1, 0.15) is 0 Å². The smallest absolute Gasteiger partial charge is 0.174 e. The van der Waals surface area contributed by atoms with Gasteiger partial charge in [0.15, 0.2) is 5.79 Å². The molecule has 1 atom stereocenters. The van der Waals surface area contributed by atoms with Crippen LogP contribution in [0.3, 0.4) is 0 Å². The van der Waals surface area contributed by atoms with Gasteiger partial charge in [0.05, 0.1) is 6.61 Å². The molecular weight excluding hydrogens is 180 g/mol. The first-order valence-electron chi connectivity index (χ1n) is 5.34. The highest BCUT2D eigenvalue weighted by Gasteiger charge is 2.47. The third kappa shape index (κ3) is 2.35. The van der Waals surface area contributed by atoms with Gasteiger partial charge in [-0.2, -0.15) is 0 Å². The van der Waals surface area contributed by atoms with E-state index in [1.807, 2.05) is 19.9 Å². The molecule has 0 saturated heterocycles. The number of hydrogen-bond donors (Lipinski definition) is 1. The summed E-state index contributed by atoms with van der Waals surface area (Å²) in [5, 5.41) is 8.70. The Balaban J connectivity index is 2.54. The molecule has 0 aromatic heterocycles. The lowest BCUT2D eigenvalue weighted by molar-refractivity contribution is -0.296. The Kier molecular flexibility index (Phi) is 4.58. The average molecular weight is 200 g/mol. The molecule has 1 N–H and O–H groups in total. The Labute approximate surface area is 85.7 Å². The largest absolute Gasteiger partial charge is 0.392 e. The van der Waals surface area contributed by atoms with E-state index in [0.717, 1.165) is 12.8 Å². The van der Waals surface area contributed by atoms with E-state index in [1.165, 1.54) is 0 Å². The Bertz CT molecular complexity index is 183. The molecule has 3 heteroatoms. The van der Waals surface area contributed by atoms with Crippen LogP contribution in [0.5, 0.6) is 0 Å². The predicted molar refractivity (Wildman–Crippen MR) is 54.9 cm³/mol. The number of rotatable bonds is 6. The summed E-state index contributed by atoms with van der Waals surface area (Å²) in [6, 6.07) is 0. The molecule has 1 unspecified atom stereocenters. The van der Waals surface area contributed by atoms with E-state index >= 15 is 0 Å². The highest BCUT2D eigenvalue weighted by Crippen LogP contribution is 2.43. The van der Waals surface area contributed by atoms with Gasteiger partial charge in [0, 0.05) is 25.6 Å². The van der Waals surface area contributed by atoms with Gasteiger partial charge in [-0.3, -0.25) is 0 Å². The van der Waals surface area contributed by atoms with Crippen LogP contribution in [-0.2, 0) is 9.47 Å². The molecule has 82 valence electrons. The summed E-state index contributed by atoms with van der Waals surface area (Å²) in [4.78, 5) is 0. The molecule has 0 radical (unpaired) electrons. The third-order valence-corrected chi connectivity index (χ3v) is 2.62. The quantitative estimate of drug-likeness (QED) is 0.524. The van der Waals surface area contributed by atoms with Gasteiger partial charge in [0.2, 0.25) is 0 Å². The summed E-state index contributed by atoms with van der Waals surface area (Å²) in [6.07, 6.45) is 5.79. The normalized spacial score (nSPS) is 25.2. The van der Waals surface area contributed by atoms with Crippen LogP contribution in [0.4, 0.5) is 0 Å². The van der Waals surface area contributed by atoms with E-state index < -0.39 is 5.79 Å². The first kappa shape index (κ1) is 11.7. The van der Waals surface area contributed by atoms with Crippen molar-refractivity contribution >= 4 is 0 Å². The minimum atomic E-state index is -0.408. The zero-order chi connectivity index (χ0) is 10.4. The Morgan fingerprint density at radius 1 is 1.36 bits per heavy atom. The average Bonchev–Trinajstić information content (AvgIpc) is 2.16. The van der Waals surface area contributed by atoms with E-state index in [-0.39, 0.29) is 6.61 Å². The van der Waals surface area contributed by atoms with Gasteiger partial charge in [-0.15, -0.1) is 0 Å². The van der Waals surface area contributed by atoms with Gasteiger partial charge in [-0.05, 0) is 20.3 Å². The molecule has 14 heavy (non-hydrogen) atoms. The molecule has 3 nitrogen and oxygen atoms in total. The SMILES string of the molecule is CCOC1(OCC)CCC1/C=C/CO. The van der Waals surface area contributed by atoms with Crippen molar-refractivity contribution in [2.45, 2.75) is 32.5 Å². The molecule has 1 aliphatic rings. The van der Waals surface area contributed by atoms with Crippen LogP contribution in [0.1, 0.15) is 26.7 Å². The lowest BCUT2D eigenvalue weighted by atomic mass is 9.77. The number of aliphatic hydroxyl groups is 1. The molecule has 0 spiro atoms. The van der Waals surface area contributed by atoms with Crippen molar-refractivity contribution in [1.29, 1.82) is 0 Å². The Morgan fingerprint density at radius 3 is 2.36 bits per heavy atom. The zero-order valence-corrected chi connectivity index (χ0v) is 9.03. The van der Waals surface area contributed by atoms with E-state index in [0.29, 0.717) is 19.1 Å². The number of hydrogen-bond acceptors (Lipinski definition) is 3. The van der Waals surface area contributed by atoms with Crippen molar-refractivity contribution in [1.82, 2.24) is 0 Å². The summed E-state index contributed by atoms with van der Waals surface area (Å²) >= 11 is 0. The van der Waals surface area contributed by atoms with Gasteiger partial charge in [0.25, 0.3) is 0 Å². The summed E-state index contributed by atoms with van der Waals surface area (Å²) in [5.74, 6) is -0.107. The minimum Gasteiger partial charge on any atom is -0.392 e. The maximum Gasteiger partial charge on any atom is 0.174 e. The van der Waals surface area contributed by atoms with Gasteiger partial charge < -0.3 is 14.6 Å². The van der Waals surface area contributed by atoms with Crippen molar-refractivity contribution in [3.63, 3.8) is 0 Å². The summed E-state index contributed by atoms with van der Waals surface area (Å²) in [5.41, 5.74) is 0. The second-order valence-electron chi connectivity index (χ2n) is 3.43. The Morgan fingerprint density at radius 2 is 2.00 bits per heavy atom. The molecule has 0 aromatic rings. The zero-order valence-electron chi connectivity index (χ0n) is 9.03. The lowest BCUT2D eigenvalue weighted by Gasteiger charge is -2.47. The van der Waals surface area contributed by atoms with Crippen LogP contribution in [0.15, 0.2) is 12.2 Å². The fourth-order valence-electron chi connectivity index (χ4n) is 1.90. The monoisotopic (exact) mass is 200 g/mol. The standard InChI is InChI=1S/C11H20O3/c1-3-13-11(14-4-2)8-7-10(11)6-5-9-12/h5-6,10,12H,3-4,7-9H2,1-2H3/b6-5+. The van der Waals surface area contributed by atoms with Crippen LogP contribution < -0.4 is 0 Å². The molecule has 0 amide bonds. The molecule has 0 aliphatic heterocycles. The predicted octanol–water partition coefficient (Wildman–Crippen LogP) is 1.71. The van der Waals surface area contributed by atoms with Crippen molar-refractivity contribution in [3.05, 3.63) is 12.2 Å². The van der Waals surface area contributed by atoms with Crippen LogP contribution >= 0.6 is 0 Å². The van der Waals surface area contributed by atoms with Crippen LogP contribution in [-0.4, -0.2) is 30.7 Å². The number of ether oxygens (including phenoxy) is 2. The number of aliphatic hydroxyl groups excluding tert-OH is 1. The molecule has 1 rings (SSSR count). The van der Waals surface area contributed by atoms with E-state index in [1.54, 1.807) is 6.08 Å². The Hall–Kier alpha value is -0.380. The van der Waals surface area contributed by atoms with E-state index in [9.17, 15) is 0 Å². The fourth-order valence-corrected chi connectivity index (χ4v) is 1.90. The summed E-state index contributed by atoms with van der Waals surface area (Å²) < 4.78 is 11.3. The maximum absolute atomic E-state index is 8.70. The molecule has 1 saturated carbocycles. The molecule has 1 aliphatic carbocycles. The van der Waals surface area contributed by atoms with Gasteiger partial charge in [-0.25, -0.2) is 0 Å². The first-order chi connectivity index (χ1) is 6.79. The molecule has 0 bridgehead atoms.